The fourth-order valence-corrected chi connectivity index (χ4v) is 5.13. The van der Waals surface area contributed by atoms with Crippen molar-refractivity contribution >= 4 is 44.6 Å². The number of halogens is 1. The zero-order valence-corrected chi connectivity index (χ0v) is 17.4. The Kier molecular flexibility index (Phi) is 6.51. The lowest BCUT2D eigenvalue weighted by atomic mass is 10.1. The molecule has 0 bridgehead atoms. The molecule has 3 aromatic rings. The van der Waals surface area contributed by atoms with Gasteiger partial charge in [0.1, 0.15) is 10.3 Å². The average molecular weight is 435 g/mol. The summed E-state index contributed by atoms with van der Waals surface area (Å²) in [7, 11) is -3.82. The van der Waals surface area contributed by atoms with Gasteiger partial charge < -0.3 is 5.32 Å². The van der Waals surface area contributed by atoms with Gasteiger partial charge in [-0.3, -0.25) is 4.79 Å². The maximum atomic E-state index is 12.9. The number of hydrogen-bond acceptors (Lipinski definition) is 4. The Morgan fingerprint density at radius 2 is 1.86 bits per heavy atom. The summed E-state index contributed by atoms with van der Waals surface area (Å²) < 4.78 is 28.0. The number of amides is 1. The van der Waals surface area contributed by atoms with Crippen molar-refractivity contribution in [2.75, 3.05) is 5.32 Å². The number of rotatable bonds is 7. The predicted molar refractivity (Wildman–Crippen MR) is 113 cm³/mol. The van der Waals surface area contributed by atoms with Crippen LogP contribution < -0.4 is 10.0 Å². The van der Waals surface area contributed by atoms with Gasteiger partial charge in [0.15, 0.2) is 0 Å². The number of thiophene rings is 1. The summed E-state index contributed by atoms with van der Waals surface area (Å²) in [5, 5.41) is 4.80. The first kappa shape index (κ1) is 20.5. The number of carbonyl (C=O) groups is 1. The second-order valence-corrected chi connectivity index (χ2v) is 9.56. The van der Waals surface area contributed by atoms with Crippen LogP contribution in [0.1, 0.15) is 11.1 Å². The third-order valence-electron chi connectivity index (χ3n) is 4.04. The van der Waals surface area contributed by atoms with Crippen molar-refractivity contribution in [1.29, 1.82) is 0 Å². The van der Waals surface area contributed by atoms with E-state index in [0.29, 0.717) is 10.7 Å². The van der Waals surface area contributed by atoms with Crippen molar-refractivity contribution in [1.82, 2.24) is 4.72 Å². The second-order valence-electron chi connectivity index (χ2n) is 6.27. The minimum atomic E-state index is -3.82. The average Bonchev–Trinajstić information content (AvgIpc) is 3.20. The maximum absolute atomic E-state index is 12.9. The van der Waals surface area contributed by atoms with Crippen molar-refractivity contribution in [3.05, 3.63) is 82.2 Å². The van der Waals surface area contributed by atoms with E-state index >= 15 is 0 Å². The zero-order valence-electron chi connectivity index (χ0n) is 15.1. The van der Waals surface area contributed by atoms with Crippen molar-refractivity contribution in [2.45, 2.75) is 23.6 Å². The number of benzene rings is 2. The monoisotopic (exact) mass is 434 g/mol. The molecule has 8 heteroatoms. The summed E-state index contributed by atoms with van der Waals surface area (Å²) in [5.74, 6) is -0.477. The molecule has 0 saturated carbocycles. The number of aryl methyl sites for hydroxylation is 1. The summed E-state index contributed by atoms with van der Waals surface area (Å²) in [5.41, 5.74) is 2.24. The van der Waals surface area contributed by atoms with E-state index in [4.69, 9.17) is 11.6 Å². The fourth-order valence-electron chi connectivity index (χ4n) is 2.64. The Balaban J connectivity index is 1.85. The predicted octanol–water partition coefficient (Wildman–Crippen LogP) is 4.24. The van der Waals surface area contributed by atoms with Gasteiger partial charge in [-0.2, -0.15) is 4.72 Å². The number of sulfonamides is 1. The molecule has 1 heterocycles. The molecule has 28 heavy (non-hydrogen) atoms. The smallest absolute Gasteiger partial charge is 0.250 e. The summed E-state index contributed by atoms with van der Waals surface area (Å²) in [6, 6.07) is 16.7. The quantitative estimate of drug-likeness (QED) is 0.584. The van der Waals surface area contributed by atoms with E-state index in [1.165, 1.54) is 6.07 Å². The van der Waals surface area contributed by atoms with Crippen molar-refractivity contribution in [2.24, 2.45) is 0 Å². The molecule has 2 N–H and O–H groups in total. The number of nitrogens with one attached hydrogen (secondary N) is 2. The normalized spacial score (nSPS) is 12.5. The first-order valence-electron chi connectivity index (χ1n) is 8.52. The van der Waals surface area contributed by atoms with E-state index in [0.717, 1.165) is 22.5 Å². The zero-order chi connectivity index (χ0) is 20.1. The van der Waals surface area contributed by atoms with Crippen LogP contribution in [0.15, 0.2) is 70.3 Å². The van der Waals surface area contributed by atoms with Gasteiger partial charge in [0, 0.05) is 0 Å². The van der Waals surface area contributed by atoms with Gasteiger partial charge in [0.25, 0.3) is 10.0 Å². The Bertz CT molecular complexity index is 1050. The molecule has 0 saturated heterocycles. The van der Waals surface area contributed by atoms with Crippen LogP contribution in [-0.4, -0.2) is 20.4 Å². The molecule has 2 aromatic carbocycles. The van der Waals surface area contributed by atoms with Gasteiger partial charge in [0.2, 0.25) is 5.91 Å². The van der Waals surface area contributed by atoms with E-state index < -0.39 is 22.0 Å². The van der Waals surface area contributed by atoms with Crippen molar-refractivity contribution < 1.29 is 13.2 Å². The standard InChI is InChI=1S/C20H19ClN2O3S2/c1-14-9-10-17(16(21)12-14)22-20(24)18(13-15-6-3-2-4-7-15)23-28(25,26)19-8-5-11-27-19/h2-12,18,23H,13H2,1H3,(H,22,24). The SMILES string of the molecule is Cc1ccc(NC(=O)C(Cc2ccccc2)NS(=O)(=O)c2cccs2)c(Cl)c1. The minimum absolute atomic E-state index is 0.159. The molecular weight excluding hydrogens is 416 g/mol. The maximum Gasteiger partial charge on any atom is 0.250 e. The highest BCUT2D eigenvalue weighted by atomic mass is 35.5. The third-order valence-corrected chi connectivity index (χ3v) is 7.22. The van der Waals surface area contributed by atoms with Crippen LogP contribution in [0.5, 0.6) is 0 Å². The molecule has 0 spiro atoms. The van der Waals surface area contributed by atoms with Crippen LogP contribution >= 0.6 is 22.9 Å². The molecule has 5 nitrogen and oxygen atoms in total. The lowest BCUT2D eigenvalue weighted by molar-refractivity contribution is -0.117. The van der Waals surface area contributed by atoms with E-state index in [1.807, 2.05) is 43.3 Å². The van der Waals surface area contributed by atoms with Crippen LogP contribution in [0.25, 0.3) is 0 Å². The first-order chi connectivity index (χ1) is 13.3. The molecule has 3 rings (SSSR count). The highest BCUT2D eigenvalue weighted by molar-refractivity contribution is 7.91. The van der Waals surface area contributed by atoms with Crippen LogP contribution in [0.2, 0.25) is 5.02 Å². The summed E-state index contributed by atoms with van der Waals surface area (Å²) in [6.45, 7) is 1.89. The molecular formula is C20H19ClN2O3S2. The van der Waals surface area contributed by atoms with Gasteiger partial charge in [-0.25, -0.2) is 8.42 Å². The molecule has 1 unspecified atom stereocenters. The highest BCUT2D eigenvalue weighted by Gasteiger charge is 2.27. The lowest BCUT2D eigenvalue weighted by Gasteiger charge is -2.19. The van der Waals surface area contributed by atoms with E-state index in [2.05, 4.69) is 10.0 Å². The van der Waals surface area contributed by atoms with E-state index in [9.17, 15) is 13.2 Å². The molecule has 0 aliphatic heterocycles. The summed E-state index contributed by atoms with van der Waals surface area (Å²) in [6.07, 6.45) is 0.209. The van der Waals surface area contributed by atoms with Crippen LogP contribution in [0.3, 0.4) is 0 Å². The van der Waals surface area contributed by atoms with E-state index in [1.54, 1.807) is 23.6 Å². The van der Waals surface area contributed by atoms with Crippen LogP contribution in [0.4, 0.5) is 5.69 Å². The Morgan fingerprint density at radius 3 is 2.50 bits per heavy atom. The van der Waals surface area contributed by atoms with Crippen molar-refractivity contribution in [3.63, 3.8) is 0 Å². The number of hydrogen-bond donors (Lipinski definition) is 2. The van der Waals surface area contributed by atoms with Gasteiger partial charge in [0.05, 0.1) is 10.7 Å². The van der Waals surface area contributed by atoms with Gasteiger partial charge in [-0.15, -0.1) is 11.3 Å². The molecule has 1 aromatic heterocycles. The fraction of sp³-hybridized carbons (Fsp3) is 0.150. The summed E-state index contributed by atoms with van der Waals surface area (Å²) >= 11 is 7.30. The highest BCUT2D eigenvalue weighted by Crippen LogP contribution is 2.23. The molecule has 0 aliphatic rings. The number of anilines is 1. The Labute approximate surface area is 173 Å². The third kappa shape index (κ3) is 5.20. The molecule has 146 valence electrons. The molecule has 1 amide bonds. The minimum Gasteiger partial charge on any atom is -0.323 e. The Hall–Kier alpha value is -2.19. The molecule has 0 aliphatic carbocycles. The van der Waals surface area contributed by atoms with Crippen LogP contribution in [0, 0.1) is 6.92 Å². The largest absolute Gasteiger partial charge is 0.323 e. The molecule has 0 radical (unpaired) electrons. The molecule has 0 fully saturated rings. The Morgan fingerprint density at radius 1 is 1.11 bits per heavy atom. The number of carbonyl (C=O) groups excluding carboxylic acids is 1. The lowest BCUT2D eigenvalue weighted by Crippen LogP contribution is -2.45. The summed E-state index contributed by atoms with van der Waals surface area (Å²) in [4.78, 5) is 12.9. The van der Waals surface area contributed by atoms with E-state index in [-0.39, 0.29) is 10.6 Å². The molecule has 1 atom stereocenters. The van der Waals surface area contributed by atoms with Gasteiger partial charge >= 0.3 is 0 Å². The van der Waals surface area contributed by atoms with Gasteiger partial charge in [-0.05, 0) is 48.1 Å². The first-order valence-corrected chi connectivity index (χ1v) is 11.3. The second kappa shape index (κ2) is 8.87. The van der Waals surface area contributed by atoms with Crippen LogP contribution in [-0.2, 0) is 21.2 Å². The van der Waals surface area contributed by atoms with Crippen molar-refractivity contribution in [3.8, 4) is 0 Å². The van der Waals surface area contributed by atoms with Gasteiger partial charge in [-0.1, -0.05) is 54.1 Å². The topological polar surface area (TPSA) is 75.3 Å².